The lowest BCUT2D eigenvalue weighted by Crippen LogP contribution is -2.38. The Morgan fingerprint density at radius 1 is 1.12 bits per heavy atom. The zero-order chi connectivity index (χ0) is 16.5. The Hall–Kier alpha value is -1.81. The molecule has 2 aromatic carbocycles. The maximum Gasteiger partial charge on any atom is 0.236 e. The molecule has 1 atom stereocenters. The molecule has 0 aromatic heterocycles. The average molecular weight is 341 g/mol. The van der Waals surface area contributed by atoms with Gasteiger partial charge in [0.1, 0.15) is 5.82 Å². The smallest absolute Gasteiger partial charge is 0.236 e. The first-order valence-corrected chi connectivity index (χ1v) is 9.35. The predicted molar refractivity (Wildman–Crippen MR) is 94.3 cm³/mol. The molecular weight excluding hydrogens is 321 g/mol. The SMILES string of the molecule is O=C(C1Cc2ccccc2S1)N(Cc1ccc(F)cc1)CC1CC1. The molecule has 1 aliphatic carbocycles. The van der Waals surface area contributed by atoms with Crippen molar-refractivity contribution in [3.05, 3.63) is 65.5 Å². The van der Waals surface area contributed by atoms with E-state index in [2.05, 4.69) is 12.1 Å². The van der Waals surface area contributed by atoms with Crippen LogP contribution in [0.4, 0.5) is 4.39 Å². The highest BCUT2D eigenvalue weighted by Gasteiger charge is 2.34. The fraction of sp³-hybridized carbons (Fsp3) is 0.350. The van der Waals surface area contributed by atoms with E-state index in [1.807, 2.05) is 17.0 Å². The van der Waals surface area contributed by atoms with Crippen LogP contribution in [0.1, 0.15) is 24.0 Å². The van der Waals surface area contributed by atoms with Crippen molar-refractivity contribution in [1.29, 1.82) is 0 Å². The third-order valence-electron chi connectivity index (χ3n) is 4.70. The van der Waals surface area contributed by atoms with Crippen LogP contribution in [0.5, 0.6) is 0 Å². The van der Waals surface area contributed by atoms with E-state index < -0.39 is 0 Å². The monoisotopic (exact) mass is 341 g/mol. The number of thioether (sulfide) groups is 1. The van der Waals surface area contributed by atoms with E-state index in [1.54, 1.807) is 23.9 Å². The van der Waals surface area contributed by atoms with Gasteiger partial charge in [0.2, 0.25) is 5.91 Å². The van der Waals surface area contributed by atoms with Crippen LogP contribution in [0.3, 0.4) is 0 Å². The summed E-state index contributed by atoms with van der Waals surface area (Å²) in [6.07, 6.45) is 3.24. The third-order valence-corrected chi connectivity index (χ3v) is 6.00. The number of carbonyl (C=O) groups excluding carboxylic acids is 1. The average Bonchev–Trinajstić information content (AvgIpc) is 3.30. The minimum atomic E-state index is -0.236. The summed E-state index contributed by atoms with van der Waals surface area (Å²) in [5.41, 5.74) is 2.26. The van der Waals surface area contributed by atoms with Gasteiger partial charge in [-0.1, -0.05) is 30.3 Å². The Balaban J connectivity index is 1.48. The molecule has 2 aliphatic rings. The summed E-state index contributed by atoms with van der Waals surface area (Å²) in [5, 5.41) is -0.0263. The second-order valence-electron chi connectivity index (χ2n) is 6.71. The molecule has 0 saturated heterocycles. The van der Waals surface area contributed by atoms with Gasteiger partial charge in [-0.25, -0.2) is 4.39 Å². The number of amides is 1. The molecule has 1 heterocycles. The quantitative estimate of drug-likeness (QED) is 0.809. The molecule has 2 aromatic rings. The summed E-state index contributed by atoms with van der Waals surface area (Å²) in [4.78, 5) is 16.3. The molecule has 0 N–H and O–H groups in total. The van der Waals surface area contributed by atoms with Gasteiger partial charge in [0, 0.05) is 18.0 Å². The molecule has 24 heavy (non-hydrogen) atoms. The molecule has 1 amide bonds. The predicted octanol–water partition coefficient (Wildman–Crippen LogP) is 4.28. The van der Waals surface area contributed by atoms with Crippen LogP contribution in [0, 0.1) is 11.7 Å². The van der Waals surface area contributed by atoms with Crippen LogP contribution in [0.2, 0.25) is 0 Å². The Labute approximate surface area is 146 Å². The molecule has 1 saturated carbocycles. The summed E-state index contributed by atoms with van der Waals surface area (Å²) in [5.74, 6) is 0.621. The minimum absolute atomic E-state index is 0.0263. The first-order valence-electron chi connectivity index (χ1n) is 8.47. The number of halogens is 1. The van der Waals surface area contributed by atoms with Crippen LogP contribution in [-0.4, -0.2) is 22.6 Å². The lowest BCUT2D eigenvalue weighted by atomic mass is 10.1. The Bertz CT molecular complexity index is 717. The normalized spacial score (nSPS) is 19.1. The van der Waals surface area contributed by atoms with Gasteiger partial charge in [0.15, 0.2) is 0 Å². The zero-order valence-corrected chi connectivity index (χ0v) is 14.3. The highest BCUT2D eigenvalue weighted by Crippen LogP contribution is 2.38. The second-order valence-corrected chi connectivity index (χ2v) is 7.95. The molecular formula is C20H20FNOS. The standard InChI is InChI=1S/C20H20FNOS/c21-17-9-7-15(8-10-17)13-22(12-14-5-6-14)20(23)19-11-16-3-1-2-4-18(16)24-19/h1-4,7-10,14,19H,5-6,11-13H2. The fourth-order valence-electron chi connectivity index (χ4n) is 3.18. The topological polar surface area (TPSA) is 20.3 Å². The fourth-order valence-corrected chi connectivity index (χ4v) is 4.46. The number of nitrogens with zero attached hydrogens (tertiary/aromatic N) is 1. The number of hydrogen-bond donors (Lipinski definition) is 0. The zero-order valence-electron chi connectivity index (χ0n) is 13.5. The van der Waals surface area contributed by atoms with Crippen molar-refractivity contribution in [2.45, 2.75) is 36.0 Å². The molecule has 1 aliphatic heterocycles. The third kappa shape index (κ3) is 3.48. The number of fused-ring (bicyclic) bond motifs is 1. The van der Waals surface area contributed by atoms with E-state index in [4.69, 9.17) is 0 Å². The van der Waals surface area contributed by atoms with E-state index in [0.29, 0.717) is 12.5 Å². The Kier molecular flexibility index (Phi) is 4.31. The molecule has 4 heteroatoms. The molecule has 0 bridgehead atoms. The molecule has 1 fully saturated rings. The van der Waals surface area contributed by atoms with E-state index in [-0.39, 0.29) is 17.0 Å². The van der Waals surface area contributed by atoms with Crippen LogP contribution < -0.4 is 0 Å². The van der Waals surface area contributed by atoms with Gasteiger partial charge in [0.25, 0.3) is 0 Å². The van der Waals surface area contributed by atoms with Gasteiger partial charge in [-0.15, -0.1) is 11.8 Å². The van der Waals surface area contributed by atoms with Crippen LogP contribution in [0.25, 0.3) is 0 Å². The first-order chi connectivity index (χ1) is 11.7. The van der Waals surface area contributed by atoms with Crippen LogP contribution in [-0.2, 0) is 17.8 Å². The first kappa shape index (κ1) is 15.7. The summed E-state index contributed by atoms with van der Waals surface area (Å²) in [6.45, 7) is 1.40. The lowest BCUT2D eigenvalue weighted by molar-refractivity contribution is -0.131. The van der Waals surface area contributed by atoms with E-state index in [9.17, 15) is 9.18 Å². The largest absolute Gasteiger partial charge is 0.337 e. The van der Waals surface area contributed by atoms with Gasteiger partial charge >= 0.3 is 0 Å². The summed E-state index contributed by atoms with van der Waals surface area (Å²) in [6, 6.07) is 14.8. The molecule has 4 rings (SSSR count). The number of benzene rings is 2. The van der Waals surface area contributed by atoms with Crippen molar-refractivity contribution in [3.8, 4) is 0 Å². The number of hydrogen-bond acceptors (Lipinski definition) is 2. The van der Waals surface area contributed by atoms with E-state index in [0.717, 1.165) is 18.5 Å². The van der Waals surface area contributed by atoms with Crippen molar-refractivity contribution < 1.29 is 9.18 Å². The molecule has 124 valence electrons. The molecule has 1 unspecified atom stereocenters. The van der Waals surface area contributed by atoms with Crippen molar-refractivity contribution >= 4 is 17.7 Å². The highest BCUT2D eigenvalue weighted by molar-refractivity contribution is 8.01. The number of rotatable bonds is 5. The summed E-state index contributed by atoms with van der Waals surface area (Å²) >= 11 is 1.68. The lowest BCUT2D eigenvalue weighted by Gasteiger charge is -2.25. The molecule has 0 spiro atoms. The summed E-state index contributed by atoms with van der Waals surface area (Å²) in [7, 11) is 0. The van der Waals surface area contributed by atoms with Crippen molar-refractivity contribution in [1.82, 2.24) is 4.90 Å². The van der Waals surface area contributed by atoms with Gasteiger partial charge < -0.3 is 4.90 Å². The van der Waals surface area contributed by atoms with Gasteiger partial charge in [-0.2, -0.15) is 0 Å². The second kappa shape index (κ2) is 6.60. The van der Waals surface area contributed by atoms with Crippen LogP contribution >= 0.6 is 11.8 Å². The maximum absolute atomic E-state index is 13.1. The van der Waals surface area contributed by atoms with Crippen molar-refractivity contribution in [3.63, 3.8) is 0 Å². The Morgan fingerprint density at radius 3 is 2.58 bits per heavy atom. The maximum atomic E-state index is 13.1. The minimum Gasteiger partial charge on any atom is -0.337 e. The summed E-state index contributed by atoms with van der Waals surface area (Å²) < 4.78 is 13.1. The van der Waals surface area contributed by atoms with Gasteiger partial charge in [-0.05, 0) is 54.5 Å². The van der Waals surface area contributed by atoms with E-state index >= 15 is 0 Å². The van der Waals surface area contributed by atoms with Crippen molar-refractivity contribution in [2.75, 3.05) is 6.54 Å². The molecule has 2 nitrogen and oxygen atoms in total. The van der Waals surface area contributed by atoms with Gasteiger partial charge in [0.05, 0.1) is 5.25 Å². The number of carbonyl (C=O) groups is 1. The van der Waals surface area contributed by atoms with Gasteiger partial charge in [-0.3, -0.25) is 4.79 Å². The highest BCUT2D eigenvalue weighted by atomic mass is 32.2. The van der Waals surface area contributed by atoms with E-state index in [1.165, 1.54) is 35.4 Å². The Morgan fingerprint density at radius 2 is 1.88 bits per heavy atom. The molecule has 0 radical (unpaired) electrons. The van der Waals surface area contributed by atoms with Crippen LogP contribution in [0.15, 0.2) is 53.4 Å². The van der Waals surface area contributed by atoms with Crippen molar-refractivity contribution in [2.24, 2.45) is 5.92 Å².